The van der Waals surface area contributed by atoms with Crippen molar-refractivity contribution in [3.8, 4) is 0 Å². The van der Waals surface area contributed by atoms with Crippen LogP contribution in [-0.4, -0.2) is 26.2 Å². The van der Waals surface area contributed by atoms with Crippen molar-refractivity contribution in [2.24, 2.45) is 0 Å². The van der Waals surface area contributed by atoms with Gasteiger partial charge in [-0.2, -0.15) is 0 Å². The van der Waals surface area contributed by atoms with Crippen LogP contribution in [-0.2, 0) is 9.47 Å². The van der Waals surface area contributed by atoms with Crippen molar-refractivity contribution in [3.63, 3.8) is 0 Å². The molecule has 0 spiro atoms. The molecule has 0 aliphatic carbocycles. The Morgan fingerprint density at radius 1 is 0.933 bits per heavy atom. The van der Waals surface area contributed by atoms with Crippen molar-refractivity contribution < 1.29 is 39.4 Å². The Labute approximate surface area is 101 Å². The second kappa shape index (κ2) is 6.28. The van der Waals surface area contributed by atoms with Crippen molar-refractivity contribution in [1.82, 2.24) is 0 Å². The van der Waals surface area contributed by atoms with Gasteiger partial charge in [0.05, 0.1) is 25.3 Å². The predicted molar refractivity (Wildman–Crippen MR) is 50.2 cm³/mol. The number of methoxy groups -OCH3 is 2. The molecule has 0 aliphatic rings. The van der Waals surface area contributed by atoms with Gasteiger partial charge in [0, 0.05) is 0 Å². The Morgan fingerprint density at radius 2 is 1.20 bits per heavy atom. The van der Waals surface area contributed by atoms with Crippen LogP contribution in [0, 0.1) is 0 Å². The van der Waals surface area contributed by atoms with Gasteiger partial charge < -0.3 is 10.9 Å². The van der Waals surface area contributed by atoms with Crippen LogP contribution in [0.5, 0.6) is 0 Å². The van der Waals surface area contributed by atoms with Crippen LogP contribution >= 0.6 is 0 Å². The molecule has 1 aromatic rings. The molecule has 0 atom stereocenters. The Hall–Kier alpha value is -1.24. The molecule has 76 valence electrons. The molecule has 1 aromatic carbocycles. The van der Waals surface area contributed by atoms with Crippen molar-refractivity contribution >= 4 is 11.9 Å². The van der Waals surface area contributed by atoms with Gasteiger partial charge in [-0.15, -0.1) is 0 Å². The summed E-state index contributed by atoms with van der Waals surface area (Å²) < 4.78 is 9.02. The van der Waals surface area contributed by atoms with Gasteiger partial charge in [0.2, 0.25) is 0 Å². The topological polar surface area (TPSA) is 52.6 Å². The molecular weight excluding hydrogens is 191 g/mol. The predicted octanol–water partition coefficient (Wildman–Crippen LogP) is -1.62. The molecule has 0 aromatic heterocycles. The van der Waals surface area contributed by atoms with Crippen LogP contribution < -0.4 is 18.9 Å². The largest absolute Gasteiger partial charge is 1.00 e. The smallest absolute Gasteiger partial charge is 1.00 e. The molecule has 5 heteroatoms. The zero-order chi connectivity index (χ0) is 10.6. The van der Waals surface area contributed by atoms with E-state index in [0.29, 0.717) is 11.1 Å². The second-order valence-corrected chi connectivity index (χ2v) is 2.56. The molecule has 0 bridgehead atoms. The van der Waals surface area contributed by atoms with Gasteiger partial charge in [0.15, 0.2) is 0 Å². The van der Waals surface area contributed by atoms with E-state index < -0.39 is 11.9 Å². The number of rotatable bonds is 2. The van der Waals surface area contributed by atoms with E-state index in [4.69, 9.17) is 0 Å². The van der Waals surface area contributed by atoms with E-state index in [1.807, 2.05) is 0 Å². The molecule has 0 saturated heterocycles. The summed E-state index contributed by atoms with van der Waals surface area (Å²) in [6, 6.07) is 6.05. The summed E-state index contributed by atoms with van der Waals surface area (Å²) in [5.41, 5.74) is 0.806. The van der Waals surface area contributed by atoms with Gasteiger partial charge in [0.25, 0.3) is 0 Å². The van der Waals surface area contributed by atoms with Gasteiger partial charge in [-0.1, -0.05) is 0 Å². The molecule has 0 heterocycles. The first-order chi connectivity index (χ1) is 6.69. The molecule has 1 rings (SSSR count). The van der Waals surface area contributed by atoms with Crippen LogP contribution in [0.3, 0.4) is 0 Å². The maximum absolute atomic E-state index is 11.0. The summed E-state index contributed by atoms with van der Waals surface area (Å²) in [4.78, 5) is 22.1. The van der Waals surface area contributed by atoms with Crippen LogP contribution in [0.15, 0.2) is 24.3 Å². The fourth-order valence-corrected chi connectivity index (χ4v) is 0.978. The van der Waals surface area contributed by atoms with Crippen LogP contribution in [0.1, 0.15) is 22.1 Å². The van der Waals surface area contributed by atoms with E-state index >= 15 is 0 Å². The molecule has 0 unspecified atom stereocenters. The standard InChI is InChI=1S/C10H10O4.Li.H/c1-13-9(11)7-3-5-8(6-4-7)10(12)14-2;;/h3-6H,1-2H3;;/q;+1;-1. The second-order valence-electron chi connectivity index (χ2n) is 2.56. The summed E-state index contributed by atoms with van der Waals surface area (Å²) in [5, 5.41) is 0. The van der Waals surface area contributed by atoms with Crippen LogP contribution in [0.2, 0.25) is 0 Å². The Balaban J connectivity index is 0. The summed E-state index contributed by atoms with van der Waals surface area (Å²) >= 11 is 0. The van der Waals surface area contributed by atoms with Crippen LogP contribution in [0.4, 0.5) is 0 Å². The first kappa shape index (κ1) is 13.8. The number of ether oxygens (including phenoxy) is 2. The molecular formula is C10H11LiO4. The van der Waals surface area contributed by atoms with E-state index in [2.05, 4.69) is 9.47 Å². The fraction of sp³-hybridized carbons (Fsp3) is 0.200. The van der Waals surface area contributed by atoms with Crippen molar-refractivity contribution in [3.05, 3.63) is 35.4 Å². The van der Waals surface area contributed by atoms with Gasteiger partial charge in [-0.3, -0.25) is 0 Å². The Morgan fingerprint density at radius 3 is 1.40 bits per heavy atom. The number of hydrogen-bond donors (Lipinski definition) is 0. The third-order valence-corrected chi connectivity index (χ3v) is 1.73. The minimum Gasteiger partial charge on any atom is -1.00 e. The molecule has 0 amide bonds. The van der Waals surface area contributed by atoms with Gasteiger partial charge in [-0.25, -0.2) is 9.59 Å². The zero-order valence-electron chi connectivity index (χ0n) is 9.94. The van der Waals surface area contributed by atoms with Gasteiger partial charge in [-0.05, 0) is 24.3 Å². The summed E-state index contributed by atoms with van der Waals surface area (Å²) in [7, 11) is 2.60. The molecule has 0 saturated carbocycles. The third-order valence-electron chi connectivity index (χ3n) is 1.73. The zero-order valence-corrected chi connectivity index (χ0v) is 8.94. The maximum atomic E-state index is 11.0. The fourth-order valence-electron chi connectivity index (χ4n) is 0.978. The first-order valence-corrected chi connectivity index (χ1v) is 3.95. The van der Waals surface area contributed by atoms with Gasteiger partial charge in [0.1, 0.15) is 0 Å². The SMILES string of the molecule is COC(=O)c1ccc(C(=O)OC)cc1.[H-].[Li+]. The average Bonchev–Trinajstić information content (AvgIpc) is 2.27. The quantitative estimate of drug-likeness (QED) is 0.427. The molecule has 0 radical (unpaired) electrons. The summed E-state index contributed by atoms with van der Waals surface area (Å²) in [6.07, 6.45) is 0. The van der Waals surface area contributed by atoms with E-state index in [1.165, 1.54) is 38.5 Å². The molecule has 0 N–H and O–H groups in total. The van der Waals surface area contributed by atoms with E-state index in [9.17, 15) is 9.59 Å². The maximum Gasteiger partial charge on any atom is 1.00 e. The third kappa shape index (κ3) is 3.43. The minimum atomic E-state index is -0.429. The first-order valence-electron chi connectivity index (χ1n) is 3.95. The van der Waals surface area contributed by atoms with E-state index in [1.54, 1.807) is 0 Å². The number of benzene rings is 1. The Kier molecular flexibility index (Phi) is 5.76. The molecule has 4 nitrogen and oxygen atoms in total. The number of carbonyl (C=O) groups excluding carboxylic acids is 2. The minimum absolute atomic E-state index is 0. The van der Waals surface area contributed by atoms with E-state index in [-0.39, 0.29) is 20.3 Å². The molecule has 0 fully saturated rings. The Bertz CT molecular complexity index is 315. The molecule has 15 heavy (non-hydrogen) atoms. The van der Waals surface area contributed by atoms with Crippen LogP contribution in [0.25, 0.3) is 0 Å². The number of hydrogen-bond acceptors (Lipinski definition) is 4. The average molecular weight is 202 g/mol. The number of esters is 2. The van der Waals surface area contributed by atoms with Crippen molar-refractivity contribution in [2.45, 2.75) is 0 Å². The number of carbonyl (C=O) groups is 2. The summed E-state index contributed by atoms with van der Waals surface area (Å²) in [5.74, 6) is -0.858. The van der Waals surface area contributed by atoms with Gasteiger partial charge >= 0.3 is 30.8 Å². The van der Waals surface area contributed by atoms with E-state index in [0.717, 1.165) is 0 Å². The normalized spacial score (nSPS) is 8.67. The van der Waals surface area contributed by atoms with Crippen molar-refractivity contribution in [1.29, 1.82) is 0 Å². The van der Waals surface area contributed by atoms with Crippen molar-refractivity contribution in [2.75, 3.05) is 14.2 Å². The molecule has 0 aliphatic heterocycles. The monoisotopic (exact) mass is 202 g/mol. The summed E-state index contributed by atoms with van der Waals surface area (Å²) in [6.45, 7) is 0.